The lowest BCUT2D eigenvalue weighted by atomic mass is 9.94. The third kappa shape index (κ3) is 6.04. The van der Waals surface area contributed by atoms with Crippen molar-refractivity contribution in [2.24, 2.45) is 0 Å². The van der Waals surface area contributed by atoms with Gasteiger partial charge in [-0.2, -0.15) is 0 Å². The Morgan fingerprint density at radius 3 is 2.14 bits per heavy atom. The van der Waals surface area contributed by atoms with Gasteiger partial charge in [-0.25, -0.2) is 0 Å². The monoisotopic (exact) mass is 579 g/mol. The molecule has 1 aliphatic heterocycles. The lowest BCUT2D eigenvalue weighted by Crippen LogP contribution is -2.29. The zero-order valence-corrected chi connectivity index (χ0v) is 24.2. The first-order chi connectivity index (χ1) is 20.8. The summed E-state index contributed by atoms with van der Waals surface area (Å²) in [5.41, 5.74) is 3.00. The maximum absolute atomic E-state index is 13.6. The van der Waals surface area contributed by atoms with E-state index >= 15 is 0 Å². The Hall–Kier alpha value is -5.24. The summed E-state index contributed by atoms with van der Waals surface area (Å²) in [5, 5.41) is 21.5. The zero-order valence-electron chi connectivity index (χ0n) is 24.2. The van der Waals surface area contributed by atoms with Crippen LogP contribution >= 0.6 is 0 Å². The van der Waals surface area contributed by atoms with E-state index in [9.17, 15) is 19.8 Å². The topological polar surface area (TPSA) is 106 Å². The maximum Gasteiger partial charge on any atom is 0.300 e. The van der Waals surface area contributed by atoms with Crippen LogP contribution < -0.4 is 19.1 Å². The van der Waals surface area contributed by atoms with Crippen LogP contribution in [0, 0.1) is 6.92 Å². The Morgan fingerprint density at radius 2 is 1.47 bits per heavy atom. The summed E-state index contributed by atoms with van der Waals surface area (Å²) in [7, 11) is 0. The number of aryl methyl sites for hydroxylation is 1. The molecule has 1 aliphatic rings. The molecule has 0 aliphatic carbocycles. The molecule has 0 saturated carbocycles. The van der Waals surface area contributed by atoms with Gasteiger partial charge in [-0.05, 0) is 79.9 Å². The fourth-order valence-corrected chi connectivity index (χ4v) is 5.11. The number of anilines is 1. The molecule has 220 valence electrons. The van der Waals surface area contributed by atoms with E-state index in [4.69, 9.17) is 14.2 Å². The lowest BCUT2D eigenvalue weighted by molar-refractivity contribution is -0.132. The van der Waals surface area contributed by atoms with E-state index < -0.39 is 17.7 Å². The predicted molar refractivity (Wildman–Crippen MR) is 164 cm³/mol. The number of ether oxygens (including phenoxy) is 3. The highest BCUT2D eigenvalue weighted by Crippen LogP contribution is 2.44. The number of amides is 1. The number of carbonyl (C=O) groups excluding carboxylic acids is 2. The van der Waals surface area contributed by atoms with Crippen LogP contribution in [0.4, 0.5) is 5.69 Å². The molecule has 4 aromatic carbocycles. The number of Topliss-reactive ketones (excluding diaryl/α,β-unsaturated/α-hetero) is 1. The number of phenolic OH excluding ortho intramolecular Hbond substituents is 1. The zero-order chi connectivity index (χ0) is 30.5. The van der Waals surface area contributed by atoms with Crippen LogP contribution in [0.1, 0.15) is 42.1 Å². The third-order valence-electron chi connectivity index (χ3n) is 7.14. The van der Waals surface area contributed by atoms with Crippen molar-refractivity contribution in [3.8, 4) is 23.0 Å². The summed E-state index contributed by atoms with van der Waals surface area (Å²) in [4.78, 5) is 28.6. The minimum absolute atomic E-state index is 0.0297. The second-order valence-corrected chi connectivity index (χ2v) is 10.0. The predicted octanol–water partition coefficient (Wildman–Crippen LogP) is 6.70. The molecule has 5 rings (SSSR count). The van der Waals surface area contributed by atoms with Gasteiger partial charge in [-0.1, -0.05) is 42.5 Å². The summed E-state index contributed by atoms with van der Waals surface area (Å²) in [5.74, 6) is -0.343. The number of nitrogens with zero attached hydrogens (tertiary/aromatic N) is 1. The number of benzene rings is 4. The minimum Gasteiger partial charge on any atom is -0.508 e. The highest BCUT2D eigenvalue weighted by molar-refractivity contribution is 6.51. The van der Waals surface area contributed by atoms with Gasteiger partial charge in [0.15, 0.2) is 11.5 Å². The van der Waals surface area contributed by atoms with Gasteiger partial charge < -0.3 is 24.4 Å². The molecule has 8 heteroatoms. The van der Waals surface area contributed by atoms with Crippen LogP contribution in [0.2, 0.25) is 0 Å². The molecular formula is C35H33NO7. The highest BCUT2D eigenvalue weighted by atomic mass is 16.5. The number of aromatic hydroxyl groups is 1. The van der Waals surface area contributed by atoms with Crippen LogP contribution in [0.25, 0.3) is 5.76 Å². The SMILES string of the molecule is CCOc1ccc(N2C(=O)C(=O)/C(=C(/O)c3ccc(OCc4ccccc4)c(C)c3)C2c2ccc(O)cc2)cc1OCC. The Bertz CT molecular complexity index is 1660. The summed E-state index contributed by atoms with van der Waals surface area (Å²) in [6.45, 7) is 6.72. The Morgan fingerprint density at radius 1 is 0.791 bits per heavy atom. The molecule has 4 aromatic rings. The Labute approximate surface area is 250 Å². The van der Waals surface area contributed by atoms with Crippen molar-refractivity contribution in [3.05, 3.63) is 119 Å². The number of ketones is 1. The molecule has 0 aromatic heterocycles. The molecule has 1 heterocycles. The lowest BCUT2D eigenvalue weighted by Gasteiger charge is -2.26. The molecule has 0 bridgehead atoms. The van der Waals surface area contributed by atoms with Crippen molar-refractivity contribution < 1.29 is 34.0 Å². The molecule has 1 atom stereocenters. The van der Waals surface area contributed by atoms with Crippen LogP contribution in [0.15, 0.2) is 96.6 Å². The number of rotatable bonds is 10. The largest absolute Gasteiger partial charge is 0.508 e. The molecule has 1 amide bonds. The number of aliphatic hydroxyl groups is 1. The first-order valence-corrected chi connectivity index (χ1v) is 14.1. The van der Waals surface area contributed by atoms with Gasteiger partial charge in [-0.15, -0.1) is 0 Å². The summed E-state index contributed by atoms with van der Waals surface area (Å²) >= 11 is 0. The van der Waals surface area contributed by atoms with E-state index in [0.717, 1.165) is 11.1 Å². The first-order valence-electron chi connectivity index (χ1n) is 14.1. The van der Waals surface area contributed by atoms with Crippen molar-refractivity contribution in [2.45, 2.75) is 33.4 Å². The van der Waals surface area contributed by atoms with Gasteiger partial charge >= 0.3 is 0 Å². The van der Waals surface area contributed by atoms with E-state index in [-0.39, 0.29) is 17.1 Å². The minimum atomic E-state index is -0.970. The van der Waals surface area contributed by atoms with Crippen molar-refractivity contribution in [1.29, 1.82) is 0 Å². The number of hydrogen-bond acceptors (Lipinski definition) is 7. The summed E-state index contributed by atoms with van der Waals surface area (Å²) in [6, 6.07) is 25.1. The van der Waals surface area contributed by atoms with Crippen molar-refractivity contribution >= 4 is 23.1 Å². The number of aliphatic hydroxyl groups excluding tert-OH is 1. The average molecular weight is 580 g/mol. The van der Waals surface area contributed by atoms with Gasteiger partial charge in [0.1, 0.15) is 23.9 Å². The smallest absolute Gasteiger partial charge is 0.300 e. The fourth-order valence-electron chi connectivity index (χ4n) is 5.11. The molecule has 8 nitrogen and oxygen atoms in total. The van der Waals surface area contributed by atoms with Crippen molar-refractivity contribution in [3.63, 3.8) is 0 Å². The highest BCUT2D eigenvalue weighted by Gasteiger charge is 2.47. The van der Waals surface area contributed by atoms with E-state index in [1.807, 2.05) is 51.1 Å². The quantitative estimate of drug-likeness (QED) is 0.122. The first kappa shape index (κ1) is 29.3. The van der Waals surface area contributed by atoms with Gasteiger partial charge in [0.25, 0.3) is 11.7 Å². The molecular weight excluding hydrogens is 546 g/mol. The van der Waals surface area contributed by atoms with Crippen LogP contribution in [-0.2, 0) is 16.2 Å². The molecule has 43 heavy (non-hydrogen) atoms. The fraction of sp³-hybridized carbons (Fsp3) is 0.200. The van der Waals surface area contributed by atoms with Crippen LogP contribution in [0.5, 0.6) is 23.0 Å². The Kier molecular flexibility index (Phi) is 8.66. The van der Waals surface area contributed by atoms with E-state index in [0.29, 0.717) is 53.9 Å². The van der Waals surface area contributed by atoms with E-state index in [1.165, 1.54) is 17.0 Å². The average Bonchev–Trinajstić information content (AvgIpc) is 3.28. The van der Waals surface area contributed by atoms with E-state index in [2.05, 4.69) is 0 Å². The maximum atomic E-state index is 13.6. The molecule has 0 spiro atoms. The van der Waals surface area contributed by atoms with E-state index in [1.54, 1.807) is 48.5 Å². The Balaban J connectivity index is 1.57. The molecule has 1 saturated heterocycles. The molecule has 0 radical (unpaired) electrons. The van der Waals surface area contributed by atoms with Gasteiger partial charge in [0.2, 0.25) is 0 Å². The second kappa shape index (κ2) is 12.7. The standard InChI is InChI=1S/C35H33NO7/c1-4-41-29-18-14-26(20-30(29)42-5-2)36-32(24-11-15-27(37)16-12-24)31(34(39)35(36)40)33(38)25-13-17-28(22(3)19-25)43-21-23-9-7-6-8-10-23/h6-20,32,37-38H,4-5,21H2,1-3H3/b33-31+. The number of phenols is 1. The molecule has 1 fully saturated rings. The second-order valence-electron chi connectivity index (χ2n) is 10.0. The normalized spacial score (nSPS) is 15.9. The number of carbonyl (C=O) groups is 2. The van der Waals surface area contributed by atoms with Gasteiger partial charge in [0.05, 0.1) is 24.8 Å². The molecule has 2 N–H and O–H groups in total. The summed E-state index contributed by atoms with van der Waals surface area (Å²) in [6.07, 6.45) is 0. The van der Waals surface area contributed by atoms with Crippen LogP contribution in [0.3, 0.4) is 0 Å². The van der Waals surface area contributed by atoms with Crippen LogP contribution in [-0.4, -0.2) is 35.1 Å². The molecule has 1 unspecified atom stereocenters. The van der Waals surface area contributed by atoms with Gasteiger partial charge in [-0.3, -0.25) is 14.5 Å². The van der Waals surface area contributed by atoms with Crippen molar-refractivity contribution in [1.82, 2.24) is 0 Å². The van der Waals surface area contributed by atoms with Gasteiger partial charge in [0, 0.05) is 17.3 Å². The third-order valence-corrected chi connectivity index (χ3v) is 7.14. The number of hydrogen-bond donors (Lipinski definition) is 2. The summed E-state index contributed by atoms with van der Waals surface area (Å²) < 4.78 is 17.4. The van der Waals surface area contributed by atoms with Crippen molar-refractivity contribution in [2.75, 3.05) is 18.1 Å².